The Morgan fingerprint density at radius 2 is 2.27 bits per heavy atom. The third kappa shape index (κ3) is 1.88. The number of amides is 1. The Morgan fingerprint density at radius 1 is 1.73 bits per heavy atom. The highest BCUT2D eigenvalue weighted by atomic mass is 32.3. The number of carbonyl (C=O) groups is 1. The molecule has 0 aliphatic carbocycles. The van der Waals surface area contributed by atoms with Gasteiger partial charge in [-0.15, -0.1) is 4.28 Å². The lowest BCUT2D eigenvalue weighted by molar-refractivity contribution is -0.185. The van der Waals surface area contributed by atoms with Gasteiger partial charge in [0.15, 0.2) is 0 Å². The van der Waals surface area contributed by atoms with Crippen molar-refractivity contribution in [2.24, 2.45) is 5.92 Å². The summed E-state index contributed by atoms with van der Waals surface area (Å²) in [5.74, 6) is -0.667. The average Bonchev–Trinajstić information content (AvgIpc) is 1.84. The molecular weight excluding hydrogens is 174 g/mol. The maximum Gasteiger partial charge on any atom is 0.418 e. The van der Waals surface area contributed by atoms with E-state index in [0.29, 0.717) is 5.06 Å². The summed E-state index contributed by atoms with van der Waals surface area (Å²) in [5.41, 5.74) is 0. The molecular formula is C4H7NO5S. The van der Waals surface area contributed by atoms with E-state index in [9.17, 15) is 13.2 Å². The smallest absolute Gasteiger partial charge is 0.272 e. The van der Waals surface area contributed by atoms with Gasteiger partial charge in [0.05, 0.1) is 12.5 Å². The van der Waals surface area contributed by atoms with Gasteiger partial charge in [0.2, 0.25) is 0 Å². The summed E-state index contributed by atoms with van der Waals surface area (Å²) < 4.78 is 32.0. The summed E-state index contributed by atoms with van der Waals surface area (Å²) in [5, 5.41) is 0.597. The van der Waals surface area contributed by atoms with E-state index in [1.807, 2.05) is 0 Å². The van der Waals surface area contributed by atoms with Crippen molar-refractivity contribution in [3.05, 3.63) is 0 Å². The van der Waals surface area contributed by atoms with Crippen molar-refractivity contribution in [3.63, 3.8) is 0 Å². The van der Waals surface area contributed by atoms with Gasteiger partial charge in [-0.2, -0.15) is 8.42 Å². The van der Waals surface area contributed by atoms with E-state index in [-0.39, 0.29) is 12.5 Å². The molecule has 0 radical (unpaired) electrons. The van der Waals surface area contributed by atoms with Crippen LogP contribution in [0.3, 0.4) is 0 Å². The summed E-state index contributed by atoms with van der Waals surface area (Å²) in [6.07, 6.45) is 0. The Balaban J connectivity index is 2.50. The van der Waals surface area contributed by atoms with Gasteiger partial charge in [-0.25, -0.2) is 5.06 Å². The average molecular weight is 181 g/mol. The van der Waals surface area contributed by atoms with Crippen LogP contribution in [-0.2, 0) is 19.5 Å². The molecule has 1 rings (SSSR count). The fraction of sp³-hybridized carbons (Fsp3) is 0.750. The first-order valence-corrected chi connectivity index (χ1v) is 4.25. The Hall–Kier alpha value is -0.660. The molecule has 11 heavy (non-hydrogen) atoms. The van der Waals surface area contributed by atoms with E-state index >= 15 is 0 Å². The Labute approximate surface area is 63.7 Å². The zero-order chi connectivity index (χ0) is 8.65. The minimum atomic E-state index is -4.54. The van der Waals surface area contributed by atoms with Crippen LogP contribution in [0, 0.1) is 5.92 Å². The topological polar surface area (TPSA) is 83.9 Å². The molecule has 64 valence electrons. The third-order valence-electron chi connectivity index (χ3n) is 1.29. The van der Waals surface area contributed by atoms with E-state index < -0.39 is 16.3 Å². The fourth-order valence-electron chi connectivity index (χ4n) is 0.731. The third-order valence-corrected chi connectivity index (χ3v) is 1.66. The van der Waals surface area contributed by atoms with Gasteiger partial charge < -0.3 is 0 Å². The molecule has 1 amide bonds. The number of carbonyl (C=O) groups excluding carboxylic acids is 1. The predicted molar refractivity (Wildman–Crippen MR) is 33.5 cm³/mol. The van der Waals surface area contributed by atoms with Gasteiger partial charge in [0.1, 0.15) is 0 Å². The Kier molecular flexibility index (Phi) is 1.87. The van der Waals surface area contributed by atoms with Gasteiger partial charge >= 0.3 is 10.4 Å². The second-order valence-electron chi connectivity index (χ2n) is 2.30. The lowest BCUT2D eigenvalue weighted by atomic mass is 10.1. The van der Waals surface area contributed by atoms with Crippen LogP contribution in [0.15, 0.2) is 0 Å². The number of hydroxylamine groups is 2. The van der Waals surface area contributed by atoms with Gasteiger partial charge in [-0.1, -0.05) is 6.92 Å². The first-order chi connectivity index (χ1) is 4.90. The van der Waals surface area contributed by atoms with E-state index in [2.05, 4.69) is 4.28 Å². The van der Waals surface area contributed by atoms with Crippen molar-refractivity contribution in [2.45, 2.75) is 6.92 Å². The van der Waals surface area contributed by atoms with Crippen molar-refractivity contribution >= 4 is 16.3 Å². The van der Waals surface area contributed by atoms with Gasteiger partial charge in [0.25, 0.3) is 5.91 Å². The number of hydrogen-bond acceptors (Lipinski definition) is 4. The predicted octanol–water partition coefficient (Wildman–Crippen LogP) is -0.801. The SMILES string of the molecule is CC1CN(OS(=O)(=O)O)C1=O. The second kappa shape index (κ2) is 2.43. The van der Waals surface area contributed by atoms with Crippen molar-refractivity contribution in [2.75, 3.05) is 6.54 Å². The quantitative estimate of drug-likeness (QED) is 0.445. The largest absolute Gasteiger partial charge is 0.418 e. The van der Waals surface area contributed by atoms with Crippen molar-refractivity contribution in [1.82, 2.24) is 5.06 Å². The molecule has 1 N–H and O–H groups in total. The van der Waals surface area contributed by atoms with Crippen LogP contribution in [-0.4, -0.2) is 30.5 Å². The molecule has 0 spiro atoms. The van der Waals surface area contributed by atoms with E-state index in [4.69, 9.17) is 4.55 Å². The molecule has 1 aliphatic rings. The molecule has 1 heterocycles. The maximum atomic E-state index is 10.7. The molecule has 1 fully saturated rings. The van der Waals surface area contributed by atoms with Crippen molar-refractivity contribution < 1.29 is 22.0 Å². The molecule has 1 aliphatic heterocycles. The normalized spacial score (nSPS) is 25.1. The van der Waals surface area contributed by atoms with E-state index in [1.54, 1.807) is 6.92 Å². The lowest BCUT2D eigenvalue weighted by Gasteiger charge is -2.32. The van der Waals surface area contributed by atoms with Crippen molar-refractivity contribution in [1.29, 1.82) is 0 Å². The standard InChI is InChI=1S/C4H7NO5S/c1-3-2-5(4(3)6)10-11(7,8)9/h3H,2H2,1H3,(H,7,8,9). The molecule has 0 aromatic rings. The minimum absolute atomic E-state index is 0.193. The van der Waals surface area contributed by atoms with Crippen molar-refractivity contribution in [3.8, 4) is 0 Å². The van der Waals surface area contributed by atoms with Crippen LogP contribution >= 0.6 is 0 Å². The minimum Gasteiger partial charge on any atom is -0.272 e. The molecule has 7 heteroatoms. The zero-order valence-corrected chi connectivity index (χ0v) is 6.54. The first-order valence-electron chi connectivity index (χ1n) is 2.88. The summed E-state index contributed by atoms with van der Waals surface area (Å²) in [7, 11) is -4.54. The monoisotopic (exact) mass is 181 g/mol. The van der Waals surface area contributed by atoms with E-state index in [0.717, 1.165) is 0 Å². The highest BCUT2D eigenvalue weighted by molar-refractivity contribution is 7.80. The van der Waals surface area contributed by atoms with Gasteiger partial charge in [-0.3, -0.25) is 9.35 Å². The highest BCUT2D eigenvalue weighted by Gasteiger charge is 2.36. The number of β-lactam (4-membered cyclic amide) rings is 1. The number of hydrogen-bond donors (Lipinski definition) is 1. The highest BCUT2D eigenvalue weighted by Crippen LogP contribution is 2.17. The summed E-state index contributed by atoms with van der Waals surface area (Å²) in [4.78, 5) is 10.7. The van der Waals surface area contributed by atoms with Gasteiger partial charge in [0, 0.05) is 0 Å². The molecule has 0 aromatic heterocycles. The fourth-order valence-corrected chi connectivity index (χ4v) is 1.09. The van der Waals surface area contributed by atoms with Crippen LogP contribution in [0.4, 0.5) is 0 Å². The summed E-state index contributed by atoms with van der Waals surface area (Å²) >= 11 is 0. The molecule has 1 atom stereocenters. The number of rotatable bonds is 2. The Bertz CT molecular complexity index is 270. The van der Waals surface area contributed by atoms with Crippen LogP contribution < -0.4 is 0 Å². The molecule has 6 nitrogen and oxygen atoms in total. The first kappa shape index (κ1) is 8.44. The van der Waals surface area contributed by atoms with E-state index in [1.165, 1.54) is 0 Å². The molecule has 1 saturated heterocycles. The summed E-state index contributed by atoms with van der Waals surface area (Å²) in [6, 6.07) is 0. The molecule has 0 aromatic carbocycles. The zero-order valence-electron chi connectivity index (χ0n) is 5.72. The van der Waals surface area contributed by atoms with Crippen LogP contribution in [0.1, 0.15) is 6.92 Å². The molecule has 1 unspecified atom stereocenters. The van der Waals surface area contributed by atoms with Crippen LogP contribution in [0.25, 0.3) is 0 Å². The number of nitrogens with zero attached hydrogens (tertiary/aromatic N) is 1. The maximum absolute atomic E-state index is 10.7. The van der Waals surface area contributed by atoms with Crippen LogP contribution in [0.5, 0.6) is 0 Å². The molecule has 0 bridgehead atoms. The summed E-state index contributed by atoms with van der Waals surface area (Å²) in [6.45, 7) is 1.82. The van der Waals surface area contributed by atoms with Gasteiger partial charge in [-0.05, 0) is 0 Å². The Morgan fingerprint density at radius 3 is 2.55 bits per heavy atom. The van der Waals surface area contributed by atoms with Crippen LogP contribution in [0.2, 0.25) is 0 Å². The lowest BCUT2D eigenvalue weighted by Crippen LogP contribution is -2.51. The molecule has 0 saturated carbocycles. The second-order valence-corrected chi connectivity index (χ2v) is 3.31.